The average molecular weight is 266 g/mol. The fourth-order valence-corrected chi connectivity index (χ4v) is 2.53. The Morgan fingerprint density at radius 3 is 2.50 bits per heavy atom. The Labute approximate surface area is 113 Å². The number of nitrogens with two attached hydrogens (primary N) is 1. The molecule has 0 unspecified atom stereocenters. The first-order valence-corrected chi connectivity index (χ1v) is 7.25. The lowest BCUT2D eigenvalue weighted by atomic mass is 10.1. The van der Waals surface area contributed by atoms with Gasteiger partial charge in [-0.3, -0.25) is 10.2 Å². The van der Waals surface area contributed by atoms with Crippen LogP contribution >= 0.6 is 11.8 Å². The van der Waals surface area contributed by atoms with Gasteiger partial charge in [0, 0.05) is 16.6 Å². The molecule has 0 radical (unpaired) electrons. The van der Waals surface area contributed by atoms with Gasteiger partial charge in [0.05, 0.1) is 0 Å². The van der Waals surface area contributed by atoms with E-state index in [4.69, 9.17) is 5.84 Å². The standard InChI is InChI=1S/C14H22N2OS/c1-11(2)18-13-9-7-12(8-10-13)5-3-4-6-14(17)16-15/h7-11H,3-6,15H2,1-2H3,(H,16,17). The van der Waals surface area contributed by atoms with Crippen molar-refractivity contribution in [1.82, 2.24) is 5.43 Å². The lowest BCUT2D eigenvalue weighted by Crippen LogP contribution is -2.29. The summed E-state index contributed by atoms with van der Waals surface area (Å²) in [6.07, 6.45) is 3.43. The molecule has 0 aliphatic rings. The highest BCUT2D eigenvalue weighted by molar-refractivity contribution is 7.99. The van der Waals surface area contributed by atoms with E-state index in [2.05, 4.69) is 43.5 Å². The van der Waals surface area contributed by atoms with Crippen LogP contribution < -0.4 is 11.3 Å². The van der Waals surface area contributed by atoms with Crippen LogP contribution in [-0.4, -0.2) is 11.2 Å². The van der Waals surface area contributed by atoms with E-state index in [-0.39, 0.29) is 5.91 Å². The first kappa shape index (κ1) is 15.1. The molecule has 1 aromatic rings. The number of rotatable bonds is 7. The quantitative estimate of drug-likeness (QED) is 0.262. The molecule has 100 valence electrons. The molecular formula is C14H22N2OS. The second-order valence-corrected chi connectivity index (χ2v) is 6.24. The number of aryl methyl sites for hydroxylation is 1. The molecule has 0 saturated carbocycles. The summed E-state index contributed by atoms with van der Waals surface area (Å²) in [6, 6.07) is 8.70. The third-order valence-corrected chi connectivity index (χ3v) is 3.59. The van der Waals surface area contributed by atoms with Gasteiger partial charge in [0.15, 0.2) is 0 Å². The van der Waals surface area contributed by atoms with Crippen LogP contribution in [-0.2, 0) is 11.2 Å². The predicted octanol–water partition coefficient (Wildman–Crippen LogP) is 2.89. The molecule has 0 spiro atoms. The van der Waals surface area contributed by atoms with Crippen molar-refractivity contribution >= 4 is 17.7 Å². The van der Waals surface area contributed by atoms with Gasteiger partial charge in [-0.05, 0) is 37.0 Å². The zero-order chi connectivity index (χ0) is 13.4. The van der Waals surface area contributed by atoms with E-state index in [0.717, 1.165) is 19.3 Å². The van der Waals surface area contributed by atoms with Crippen LogP contribution in [0.4, 0.5) is 0 Å². The number of nitrogens with one attached hydrogen (secondary N) is 1. The van der Waals surface area contributed by atoms with Crippen LogP contribution in [0.15, 0.2) is 29.2 Å². The van der Waals surface area contributed by atoms with Gasteiger partial charge >= 0.3 is 0 Å². The molecule has 0 saturated heterocycles. The average Bonchev–Trinajstić information content (AvgIpc) is 2.35. The van der Waals surface area contributed by atoms with Gasteiger partial charge in [-0.1, -0.05) is 26.0 Å². The molecule has 0 aliphatic carbocycles. The van der Waals surface area contributed by atoms with Crippen molar-refractivity contribution in [3.63, 3.8) is 0 Å². The number of amides is 1. The number of hydrogen-bond donors (Lipinski definition) is 2. The molecule has 3 nitrogen and oxygen atoms in total. The van der Waals surface area contributed by atoms with E-state index in [1.807, 2.05) is 11.8 Å². The predicted molar refractivity (Wildman–Crippen MR) is 77.3 cm³/mol. The Hall–Kier alpha value is -1.00. The van der Waals surface area contributed by atoms with Gasteiger partial charge in [0.1, 0.15) is 0 Å². The summed E-state index contributed by atoms with van der Waals surface area (Å²) in [5.41, 5.74) is 3.48. The number of unbranched alkanes of at least 4 members (excludes halogenated alkanes) is 1. The smallest absolute Gasteiger partial charge is 0.233 e. The Morgan fingerprint density at radius 1 is 1.28 bits per heavy atom. The third kappa shape index (κ3) is 6.07. The summed E-state index contributed by atoms with van der Waals surface area (Å²) in [6.45, 7) is 4.39. The molecule has 1 rings (SSSR count). The number of benzene rings is 1. The molecule has 0 atom stereocenters. The number of carbonyl (C=O) groups is 1. The van der Waals surface area contributed by atoms with Crippen molar-refractivity contribution in [3.05, 3.63) is 29.8 Å². The lowest BCUT2D eigenvalue weighted by Gasteiger charge is -2.06. The number of hydrogen-bond acceptors (Lipinski definition) is 3. The van der Waals surface area contributed by atoms with Crippen molar-refractivity contribution in [1.29, 1.82) is 0 Å². The highest BCUT2D eigenvalue weighted by Gasteiger charge is 2.00. The molecule has 4 heteroatoms. The van der Waals surface area contributed by atoms with Gasteiger partial charge in [-0.25, -0.2) is 5.84 Å². The second kappa shape index (κ2) is 8.16. The maximum absolute atomic E-state index is 10.9. The molecule has 0 aromatic heterocycles. The van der Waals surface area contributed by atoms with Crippen molar-refractivity contribution in [2.45, 2.75) is 49.7 Å². The Bertz CT molecular complexity index is 363. The van der Waals surface area contributed by atoms with E-state index >= 15 is 0 Å². The molecule has 3 N–H and O–H groups in total. The summed E-state index contributed by atoms with van der Waals surface area (Å²) in [5.74, 6) is 4.94. The van der Waals surface area contributed by atoms with Crippen molar-refractivity contribution in [2.75, 3.05) is 0 Å². The van der Waals surface area contributed by atoms with Crippen LogP contribution in [0.5, 0.6) is 0 Å². The summed E-state index contributed by atoms with van der Waals surface area (Å²) < 4.78 is 0. The maximum Gasteiger partial charge on any atom is 0.233 e. The minimum absolute atomic E-state index is 0.0846. The lowest BCUT2D eigenvalue weighted by molar-refractivity contribution is -0.121. The minimum atomic E-state index is -0.0846. The van der Waals surface area contributed by atoms with Gasteiger partial charge in [0.2, 0.25) is 5.91 Å². The summed E-state index contributed by atoms with van der Waals surface area (Å²) >= 11 is 1.88. The molecule has 0 fully saturated rings. The normalized spacial score (nSPS) is 10.7. The Balaban J connectivity index is 2.28. The first-order valence-electron chi connectivity index (χ1n) is 6.37. The molecular weight excluding hydrogens is 244 g/mol. The zero-order valence-corrected chi connectivity index (χ0v) is 11.9. The van der Waals surface area contributed by atoms with E-state index in [1.165, 1.54) is 10.5 Å². The van der Waals surface area contributed by atoms with Crippen molar-refractivity contribution in [3.8, 4) is 0 Å². The Morgan fingerprint density at radius 2 is 1.94 bits per heavy atom. The van der Waals surface area contributed by atoms with E-state index < -0.39 is 0 Å². The monoisotopic (exact) mass is 266 g/mol. The minimum Gasteiger partial charge on any atom is -0.294 e. The fourth-order valence-electron chi connectivity index (χ4n) is 1.69. The van der Waals surface area contributed by atoms with Crippen molar-refractivity contribution in [2.24, 2.45) is 5.84 Å². The largest absolute Gasteiger partial charge is 0.294 e. The molecule has 0 bridgehead atoms. The van der Waals surface area contributed by atoms with E-state index in [1.54, 1.807) is 0 Å². The molecule has 1 aromatic carbocycles. The molecule has 18 heavy (non-hydrogen) atoms. The van der Waals surface area contributed by atoms with Crippen LogP contribution in [0.1, 0.15) is 38.7 Å². The molecule has 1 amide bonds. The second-order valence-electron chi connectivity index (χ2n) is 4.59. The molecule has 0 heterocycles. The number of carbonyl (C=O) groups excluding carboxylic acids is 1. The Kier molecular flexibility index (Phi) is 6.83. The van der Waals surface area contributed by atoms with Gasteiger partial charge in [-0.15, -0.1) is 11.8 Å². The van der Waals surface area contributed by atoms with Crippen LogP contribution in [0.3, 0.4) is 0 Å². The van der Waals surface area contributed by atoms with E-state index in [9.17, 15) is 4.79 Å². The van der Waals surface area contributed by atoms with E-state index in [0.29, 0.717) is 11.7 Å². The summed E-state index contributed by atoms with van der Waals surface area (Å²) in [7, 11) is 0. The van der Waals surface area contributed by atoms with Gasteiger partial charge < -0.3 is 0 Å². The third-order valence-electron chi connectivity index (χ3n) is 2.58. The van der Waals surface area contributed by atoms with Crippen LogP contribution in [0, 0.1) is 0 Å². The number of hydrazine groups is 1. The van der Waals surface area contributed by atoms with Crippen molar-refractivity contribution < 1.29 is 4.79 Å². The SMILES string of the molecule is CC(C)Sc1ccc(CCCCC(=O)NN)cc1. The van der Waals surface area contributed by atoms with Crippen LogP contribution in [0.2, 0.25) is 0 Å². The highest BCUT2D eigenvalue weighted by Crippen LogP contribution is 2.23. The molecule has 0 aliphatic heterocycles. The first-order chi connectivity index (χ1) is 8.61. The topological polar surface area (TPSA) is 55.1 Å². The zero-order valence-electron chi connectivity index (χ0n) is 11.1. The fraction of sp³-hybridized carbons (Fsp3) is 0.500. The number of thioether (sulfide) groups is 1. The highest BCUT2D eigenvalue weighted by atomic mass is 32.2. The summed E-state index contributed by atoms with van der Waals surface area (Å²) in [4.78, 5) is 12.2. The van der Waals surface area contributed by atoms with Gasteiger partial charge in [-0.2, -0.15) is 0 Å². The van der Waals surface area contributed by atoms with Crippen LogP contribution in [0.25, 0.3) is 0 Å². The maximum atomic E-state index is 10.9. The summed E-state index contributed by atoms with van der Waals surface area (Å²) in [5, 5.41) is 0.616. The van der Waals surface area contributed by atoms with Gasteiger partial charge in [0.25, 0.3) is 0 Å².